The molecule has 3 rings (SSSR count). The van der Waals surface area contributed by atoms with Crippen molar-refractivity contribution in [3.05, 3.63) is 71.6 Å². The van der Waals surface area contributed by atoms with Crippen molar-refractivity contribution in [2.45, 2.75) is 23.5 Å². The van der Waals surface area contributed by atoms with E-state index >= 15 is 0 Å². The van der Waals surface area contributed by atoms with Crippen molar-refractivity contribution in [2.24, 2.45) is 0 Å². The van der Waals surface area contributed by atoms with E-state index in [4.69, 9.17) is 20.8 Å². The molecule has 156 valence electrons. The van der Waals surface area contributed by atoms with Crippen LogP contribution in [0.5, 0.6) is 5.75 Å². The van der Waals surface area contributed by atoms with Crippen LogP contribution in [0.2, 0.25) is 5.02 Å². The minimum absolute atomic E-state index is 0.131. The summed E-state index contributed by atoms with van der Waals surface area (Å²) in [6.45, 7) is 1.95. The second kappa shape index (κ2) is 10.2. The summed E-state index contributed by atoms with van der Waals surface area (Å²) >= 11 is 7.55. The summed E-state index contributed by atoms with van der Waals surface area (Å²) in [6, 6.07) is 15.7. The van der Waals surface area contributed by atoms with Crippen molar-refractivity contribution < 1.29 is 18.7 Å². The number of anilines is 2. The third-order valence-electron chi connectivity index (χ3n) is 4.20. The zero-order valence-corrected chi connectivity index (χ0v) is 18.0. The largest absolute Gasteiger partial charge is 0.495 e. The summed E-state index contributed by atoms with van der Waals surface area (Å²) in [5.41, 5.74) is 1.22. The summed E-state index contributed by atoms with van der Waals surface area (Å²) in [4.78, 5) is 25.8. The van der Waals surface area contributed by atoms with Crippen LogP contribution >= 0.6 is 23.4 Å². The summed E-state index contributed by atoms with van der Waals surface area (Å²) in [6.07, 6.45) is 2.07. The lowest BCUT2D eigenvalue weighted by molar-refractivity contribution is -0.115. The third kappa shape index (κ3) is 5.58. The fourth-order valence-electron chi connectivity index (χ4n) is 2.70. The Hall–Kier alpha value is -2.90. The fraction of sp³-hybridized carbons (Fsp3) is 0.182. The zero-order valence-electron chi connectivity index (χ0n) is 16.5. The van der Waals surface area contributed by atoms with Crippen LogP contribution in [0.4, 0.5) is 11.4 Å². The molecule has 1 unspecified atom stereocenters. The fourth-order valence-corrected chi connectivity index (χ4v) is 3.97. The Bertz CT molecular complexity index is 1020. The maximum absolute atomic E-state index is 12.7. The van der Waals surface area contributed by atoms with Crippen molar-refractivity contribution in [3.8, 4) is 5.75 Å². The summed E-state index contributed by atoms with van der Waals surface area (Å²) in [5.74, 6) is 0.318. The number of amides is 2. The maximum Gasteiger partial charge on any atom is 0.291 e. The molecule has 8 heteroatoms. The number of hydrogen-bond donors (Lipinski definition) is 2. The first kappa shape index (κ1) is 21.8. The molecule has 0 aliphatic rings. The number of rotatable bonds is 8. The van der Waals surface area contributed by atoms with Gasteiger partial charge in [0.1, 0.15) is 5.75 Å². The number of halogens is 1. The highest BCUT2D eigenvalue weighted by molar-refractivity contribution is 8.00. The van der Waals surface area contributed by atoms with Crippen molar-refractivity contribution in [3.63, 3.8) is 0 Å². The van der Waals surface area contributed by atoms with Crippen LogP contribution in [0.1, 0.15) is 23.9 Å². The van der Waals surface area contributed by atoms with Gasteiger partial charge < -0.3 is 19.8 Å². The van der Waals surface area contributed by atoms with Crippen molar-refractivity contribution >= 4 is 46.6 Å². The summed E-state index contributed by atoms with van der Waals surface area (Å²) in [5, 5.41) is 5.79. The van der Waals surface area contributed by atoms with Crippen LogP contribution in [0.15, 0.2) is 70.2 Å². The maximum atomic E-state index is 12.7. The molecule has 0 fully saturated rings. The Labute approximate surface area is 183 Å². The number of nitrogens with one attached hydrogen (secondary N) is 2. The first-order valence-electron chi connectivity index (χ1n) is 9.26. The van der Waals surface area contributed by atoms with Crippen LogP contribution in [-0.2, 0) is 4.79 Å². The number of hydrogen-bond acceptors (Lipinski definition) is 5. The standard InChI is InChI=1S/C22H21ClN2O4S/c1-3-20(22(27)25-15-9-10-18(28-2)17(23)13-15)30-16-7-4-6-14(12-16)24-21(26)19-8-5-11-29-19/h4-13,20H,3H2,1-2H3,(H,24,26)(H,25,27). The predicted octanol–water partition coefficient (Wildman–Crippen LogP) is 5.70. The summed E-state index contributed by atoms with van der Waals surface area (Å²) in [7, 11) is 1.54. The van der Waals surface area contributed by atoms with Gasteiger partial charge in [-0.25, -0.2) is 0 Å². The van der Waals surface area contributed by atoms with Gasteiger partial charge in [-0.05, 0) is 55.0 Å². The monoisotopic (exact) mass is 444 g/mol. The topological polar surface area (TPSA) is 80.6 Å². The van der Waals surface area contributed by atoms with Gasteiger partial charge in [0.15, 0.2) is 5.76 Å². The summed E-state index contributed by atoms with van der Waals surface area (Å²) < 4.78 is 10.2. The van der Waals surface area contributed by atoms with Crippen LogP contribution < -0.4 is 15.4 Å². The second-order valence-electron chi connectivity index (χ2n) is 6.31. The molecule has 1 aromatic heterocycles. The van der Waals surface area contributed by atoms with Gasteiger partial charge in [0, 0.05) is 16.3 Å². The molecule has 2 N–H and O–H groups in total. The SMILES string of the molecule is CCC(Sc1cccc(NC(=O)c2ccco2)c1)C(=O)Nc1ccc(OC)c(Cl)c1. The zero-order chi connectivity index (χ0) is 21.5. The van der Waals surface area contributed by atoms with E-state index in [1.807, 2.05) is 25.1 Å². The van der Waals surface area contributed by atoms with E-state index in [0.29, 0.717) is 28.6 Å². The van der Waals surface area contributed by atoms with E-state index in [2.05, 4.69) is 10.6 Å². The van der Waals surface area contributed by atoms with Gasteiger partial charge in [-0.15, -0.1) is 11.8 Å². The van der Waals surface area contributed by atoms with Crippen LogP contribution in [0, 0.1) is 0 Å². The highest BCUT2D eigenvalue weighted by Crippen LogP contribution is 2.30. The minimum atomic E-state index is -0.330. The molecule has 6 nitrogen and oxygen atoms in total. The van der Waals surface area contributed by atoms with Crippen molar-refractivity contribution in [1.82, 2.24) is 0 Å². The molecule has 0 saturated heterocycles. The van der Waals surface area contributed by atoms with E-state index in [-0.39, 0.29) is 22.8 Å². The molecule has 1 heterocycles. The Kier molecular flexibility index (Phi) is 7.43. The number of furan rings is 1. The molecule has 0 saturated carbocycles. The molecule has 0 bridgehead atoms. The van der Waals surface area contributed by atoms with E-state index in [1.165, 1.54) is 25.1 Å². The van der Waals surface area contributed by atoms with Gasteiger partial charge in [-0.1, -0.05) is 24.6 Å². The van der Waals surface area contributed by atoms with Gasteiger partial charge >= 0.3 is 0 Å². The molecule has 0 aliphatic heterocycles. The molecule has 0 aliphatic carbocycles. The smallest absolute Gasteiger partial charge is 0.291 e. The van der Waals surface area contributed by atoms with Gasteiger partial charge in [0.05, 0.1) is 23.6 Å². The van der Waals surface area contributed by atoms with Crippen LogP contribution in [0.3, 0.4) is 0 Å². The average molecular weight is 445 g/mol. The van der Waals surface area contributed by atoms with Crippen LogP contribution in [-0.4, -0.2) is 24.2 Å². The van der Waals surface area contributed by atoms with E-state index in [1.54, 1.807) is 36.4 Å². The quantitative estimate of drug-likeness (QED) is 0.435. The second-order valence-corrected chi connectivity index (χ2v) is 8.00. The number of thioether (sulfide) groups is 1. The molecule has 30 heavy (non-hydrogen) atoms. The molecule has 2 aromatic carbocycles. The normalized spacial score (nSPS) is 11.6. The van der Waals surface area contributed by atoms with E-state index in [0.717, 1.165) is 4.90 Å². The van der Waals surface area contributed by atoms with E-state index < -0.39 is 0 Å². The first-order chi connectivity index (χ1) is 14.5. The highest BCUT2D eigenvalue weighted by atomic mass is 35.5. The predicted molar refractivity (Wildman–Crippen MR) is 120 cm³/mol. The first-order valence-corrected chi connectivity index (χ1v) is 10.5. The third-order valence-corrected chi connectivity index (χ3v) is 5.85. The van der Waals surface area contributed by atoms with Gasteiger partial charge in [0.2, 0.25) is 5.91 Å². The van der Waals surface area contributed by atoms with E-state index in [9.17, 15) is 9.59 Å². The van der Waals surface area contributed by atoms with Crippen molar-refractivity contribution in [1.29, 1.82) is 0 Å². The van der Waals surface area contributed by atoms with Gasteiger partial charge in [0.25, 0.3) is 5.91 Å². The lowest BCUT2D eigenvalue weighted by atomic mass is 10.2. The average Bonchev–Trinajstić information content (AvgIpc) is 3.27. The van der Waals surface area contributed by atoms with Gasteiger partial charge in [-0.3, -0.25) is 9.59 Å². The van der Waals surface area contributed by atoms with Gasteiger partial charge in [-0.2, -0.15) is 0 Å². The Morgan fingerprint density at radius 2 is 1.90 bits per heavy atom. The molecule has 3 aromatic rings. The lowest BCUT2D eigenvalue weighted by Gasteiger charge is -2.16. The number of carbonyl (C=O) groups is 2. The highest BCUT2D eigenvalue weighted by Gasteiger charge is 2.19. The molecule has 1 atom stereocenters. The lowest BCUT2D eigenvalue weighted by Crippen LogP contribution is -2.24. The van der Waals surface area contributed by atoms with Crippen LogP contribution in [0.25, 0.3) is 0 Å². The molecule has 0 radical (unpaired) electrons. The molecular formula is C22H21ClN2O4S. The Balaban J connectivity index is 1.65. The number of ether oxygens (including phenoxy) is 1. The molecular weight excluding hydrogens is 424 g/mol. The molecule has 0 spiro atoms. The van der Waals surface area contributed by atoms with Crippen molar-refractivity contribution in [2.75, 3.05) is 17.7 Å². The number of carbonyl (C=O) groups excluding carboxylic acids is 2. The minimum Gasteiger partial charge on any atom is -0.495 e. The number of benzene rings is 2. The number of methoxy groups -OCH3 is 1. The molecule has 2 amide bonds. The Morgan fingerprint density at radius 3 is 2.57 bits per heavy atom. The Morgan fingerprint density at radius 1 is 1.10 bits per heavy atom.